The van der Waals surface area contributed by atoms with Crippen LogP contribution in [0.15, 0.2) is 103 Å². The van der Waals surface area contributed by atoms with E-state index in [4.69, 9.17) is 5.11 Å². The number of hydrogen-bond acceptors (Lipinski definition) is 2. The highest BCUT2D eigenvalue weighted by Gasteiger charge is 2.20. The van der Waals surface area contributed by atoms with Gasteiger partial charge in [0, 0.05) is 18.9 Å². The number of aryl methyl sites for hydroxylation is 2. The molecule has 0 fully saturated rings. The lowest BCUT2D eigenvalue weighted by atomic mass is 9.80. The Morgan fingerprint density at radius 1 is 0.949 bits per heavy atom. The van der Waals surface area contributed by atoms with Crippen LogP contribution in [0.25, 0.3) is 27.1 Å². The molecular formula is C34H31ClN2O2. The molecule has 2 aliphatic rings. The third-order valence-electron chi connectivity index (χ3n) is 7.85. The molecule has 0 spiro atoms. The number of halogens is 1. The van der Waals surface area contributed by atoms with Crippen LogP contribution in [0.5, 0.6) is 0 Å². The van der Waals surface area contributed by atoms with Crippen LogP contribution < -0.4 is 0 Å². The summed E-state index contributed by atoms with van der Waals surface area (Å²) in [5.74, 6) is -0.897. The van der Waals surface area contributed by atoms with E-state index in [1.807, 2.05) is 29.8 Å². The molecular weight excluding hydrogens is 504 g/mol. The molecule has 0 aliphatic heterocycles. The average Bonchev–Trinajstić information content (AvgIpc) is 3.47. The predicted octanol–water partition coefficient (Wildman–Crippen LogP) is 8.40. The maximum Gasteiger partial charge on any atom is 0.335 e. The topological polar surface area (TPSA) is 55.1 Å². The molecule has 5 aromatic rings. The van der Waals surface area contributed by atoms with Crippen LogP contribution >= 0.6 is 12.4 Å². The Bertz CT molecular complexity index is 1730. The Labute approximate surface area is 234 Å². The minimum atomic E-state index is -0.897. The summed E-state index contributed by atoms with van der Waals surface area (Å²) in [5.41, 5.74) is 8.80. The van der Waals surface area contributed by atoms with Crippen LogP contribution in [-0.4, -0.2) is 20.6 Å². The fraction of sp³-hybridized carbons (Fsp3) is 0.176. The molecule has 0 radical (unpaired) electrons. The zero-order chi connectivity index (χ0) is 26.1. The molecule has 39 heavy (non-hydrogen) atoms. The van der Waals surface area contributed by atoms with E-state index >= 15 is 0 Å². The molecule has 0 bridgehead atoms. The molecule has 5 heteroatoms. The molecule has 7 rings (SSSR count). The third-order valence-corrected chi connectivity index (χ3v) is 7.85. The summed E-state index contributed by atoms with van der Waals surface area (Å²) in [7, 11) is 0. The van der Waals surface area contributed by atoms with Gasteiger partial charge in [-0.25, -0.2) is 9.78 Å². The van der Waals surface area contributed by atoms with Crippen molar-refractivity contribution in [3.05, 3.63) is 131 Å². The van der Waals surface area contributed by atoms with E-state index in [1.54, 1.807) is 35.8 Å². The van der Waals surface area contributed by atoms with Crippen molar-refractivity contribution in [2.24, 2.45) is 0 Å². The fourth-order valence-electron chi connectivity index (χ4n) is 5.78. The van der Waals surface area contributed by atoms with Crippen LogP contribution in [0.2, 0.25) is 0 Å². The number of carboxylic acids is 1. The Morgan fingerprint density at radius 3 is 2.56 bits per heavy atom. The molecule has 1 aromatic heterocycles. The maximum absolute atomic E-state index is 11.1. The molecule has 0 amide bonds. The van der Waals surface area contributed by atoms with E-state index in [0.717, 1.165) is 28.4 Å². The van der Waals surface area contributed by atoms with Crippen LogP contribution in [0.1, 0.15) is 51.9 Å². The van der Waals surface area contributed by atoms with E-state index in [-0.39, 0.29) is 12.4 Å². The molecule has 0 saturated heterocycles. The van der Waals surface area contributed by atoms with Gasteiger partial charge in [-0.3, -0.25) is 0 Å². The van der Waals surface area contributed by atoms with Crippen LogP contribution in [0.3, 0.4) is 0 Å². The lowest BCUT2D eigenvalue weighted by molar-refractivity contribution is 0.0697. The average molecular weight is 535 g/mol. The second kappa shape index (κ2) is 11.3. The first kappa shape index (κ1) is 26.5. The van der Waals surface area contributed by atoms with Gasteiger partial charge in [0.1, 0.15) is 0 Å². The van der Waals surface area contributed by atoms with Gasteiger partial charge in [-0.05, 0) is 94.1 Å². The smallest absolute Gasteiger partial charge is 0.335 e. The Balaban J connectivity index is 0.000000155. The largest absolute Gasteiger partial charge is 0.478 e. The van der Waals surface area contributed by atoms with Crippen LogP contribution in [0.4, 0.5) is 0 Å². The number of aromatic carboxylic acids is 1. The zero-order valence-electron chi connectivity index (χ0n) is 21.9. The highest BCUT2D eigenvalue weighted by molar-refractivity contribution is 5.96. The number of nitrogens with zero attached hydrogens (tertiary/aromatic N) is 2. The SMILES string of the molecule is C1=CC2=C(CC1)CCc1c2ccc2ccccc12.Cc1c(Cn2ccnc2)ccc2ccc(C(=O)O)cc12.Cl. The summed E-state index contributed by atoms with van der Waals surface area (Å²) in [6.07, 6.45) is 15.0. The van der Waals surface area contributed by atoms with Gasteiger partial charge in [-0.1, -0.05) is 72.3 Å². The molecule has 4 nitrogen and oxygen atoms in total. The van der Waals surface area contributed by atoms with Crippen molar-refractivity contribution >= 4 is 45.5 Å². The summed E-state index contributed by atoms with van der Waals surface area (Å²) in [6.45, 7) is 2.76. The number of rotatable bonds is 3. The first-order valence-corrected chi connectivity index (χ1v) is 13.2. The van der Waals surface area contributed by atoms with Crippen molar-refractivity contribution in [3.8, 4) is 0 Å². The highest BCUT2D eigenvalue weighted by Crippen LogP contribution is 2.39. The molecule has 0 saturated carbocycles. The Kier molecular flexibility index (Phi) is 7.67. The Hall–Kier alpha value is -4.15. The van der Waals surface area contributed by atoms with Gasteiger partial charge in [0.2, 0.25) is 0 Å². The van der Waals surface area contributed by atoms with Crippen molar-refractivity contribution in [3.63, 3.8) is 0 Å². The van der Waals surface area contributed by atoms with Gasteiger partial charge in [-0.2, -0.15) is 0 Å². The number of hydrogen-bond donors (Lipinski definition) is 1. The van der Waals surface area contributed by atoms with Crippen molar-refractivity contribution < 1.29 is 9.90 Å². The fourth-order valence-corrected chi connectivity index (χ4v) is 5.78. The van der Waals surface area contributed by atoms with E-state index in [0.29, 0.717) is 5.56 Å². The third kappa shape index (κ3) is 5.25. The van der Waals surface area contributed by atoms with E-state index in [9.17, 15) is 4.79 Å². The van der Waals surface area contributed by atoms with Gasteiger partial charge >= 0.3 is 5.97 Å². The first-order valence-electron chi connectivity index (χ1n) is 13.2. The van der Waals surface area contributed by atoms with Gasteiger partial charge in [0.25, 0.3) is 0 Å². The standard InChI is InChI=1S/C18H16.C16H14N2O2.ClH/c1-3-7-15-13(5-1)9-11-18-16-8-4-2-6-14(16)10-12-17(15)18;1-11-14(9-18-7-6-17-10-18)5-3-12-2-4-13(16(19)20)8-15(11)12;/h1,3-5,7-9,11H,2,6,10,12H2;2-8,10H,9H2,1H3,(H,19,20);1H. The molecule has 2 aliphatic carbocycles. The zero-order valence-corrected chi connectivity index (χ0v) is 22.7. The van der Waals surface area contributed by atoms with Crippen molar-refractivity contribution in [1.82, 2.24) is 9.55 Å². The molecule has 196 valence electrons. The van der Waals surface area contributed by atoms with Gasteiger partial charge in [0.05, 0.1) is 11.9 Å². The molecule has 1 N–H and O–H groups in total. The first-order chi connectivity index (χ1) is 18.6. The van der Waals surface area contributed by atoms with E-state index in [1.165, 1.54) is 47.6 Å². The minimum Gasteiger partial charge on any atom is -0.478 e. The molecule has 0 unspecified atom stereocenters. The minimum absolute atomic E-state index is 0. The molecule has 0 atom stereocenters. The Morgan fingerprint density at radius 2 is 1.74 bits per heavy atom. The lowest BCUT2D eigenvalue weighted by Gasteiger charge is -2.25. The number of imidazole rings is 1. The summed E-state index contributed by atoms with van der Waals surface area (Å²) in [5, 5.41) is 14.0. The summed E-state index contributed by atoms with van der Waals surface area (Å²) < 4.78 is 2.00. The normalized spacial score (nSPS) is 13.8. The van der Waals surface area contributed by atoms with Crippen LogP contribution in [0, 0.1) is 6.92 Å². The number of aromatic nitrogens is 2. The number of allylic oxidation sites excluding steroid dienone is 4. The monoisotopic (exact) mass is 534 g/mol. The highest BCUT2D eigenvalue weighted by atomic mass is 35.5. The molecule has 4 aromatic carbocycles. The number of fused-ring (bicyclic) bond motifs is 5. The number of carbonyl (C=O) groups is 1. The van der Waals surface area contributed by atoms with Crippen molar-refractivity contribution in [1.29, 1.82) is 0 Å². The van der Waals surface area contributed by atoms with Crippen molar-refractivity contribution in [2.45, 2.75) is 39.2 Å². The summed E-state index contributed by atoms with van der Waals surface area (Å²) in [6, 6.07) is 22.7. The summed E-state index contributed by atoms with van der Waals surface area (Å²) in [4.78, 5) is 15.1. The quantitative estimate of drug-likeness (QED) is 0.253. The summed E-state index contributed by atoms with van der Waals surface area (Å²) >= 11 is 0. The lowest BCUT2D eigenvalue weighted by Crippen LogP contribution is -2.06. The second-order valence-electron chi connectivity index (χ2n) is 10.1. The van der Waals surface area contributed by atoms with Crippen molar-refractivity contribution in [2.75, 3.05) is 0 Å². The van der Waals surface area contributed by atoms with E-state index < -0.39 is 5.97 Å². The predicted molar refractivity (Wildman–Crippen MR) is 162 cm³/mol. The maximum atomic E-state index is 11.1. The second-order valence-corrected chi connectivity index (χ2v) is 10.1. The van der Waals surface area contributed by atoms with Gasteiger partial charge in [-0.15, -0.1) is 12.4 Å². The van der Waals surface area contributed by atoms with E-state index in [2.05, 4.69) is 59.6 Å². The van der Waals surface area contributed by atoms with Gasteiger partial charge in [0.15, 0.2) is 0 Å². The van der Waals surface area contributed by atoms with Gasteiger partial charge < -0.3 is 9.67 Å². The van der Waals surface area contributed by atoms with Crippen LogP contribution in [-0.2, 0) is 13.0 Å². The number of benzene rings is 4. The number of carboxylic acid groups (broad SMARTS) is 1. The molecule has 1 heterocycles.